The van der Waals surface area contributed by atoms with Gasteiger partial charge in [-0.15, -0.1) is 0 Å². The van der Waals surface area contributed by atoms with E-state index < -0.39 is 0 Å². The molecule has 0 radical (unpaired) electrons. The van der Waals surface area contributed by atoms with E-state index in [9.17, 15) is 9.59 Å². The largest absolute Gasteiger partial charge is 0.497 e. The van der Waals surface area contributed by atoms with E-state index >= 15 is 0 Å². The molecule has 10 heteroatoms. The number of carbonyl (C=O) groups is 1. The van der Waals surface area contributed by atoms with Crippen LogP contribution in [0.5, 0.6) is 5.75 Å². The van der Waals surface area contributed by atoms with Crippen molar-refractivity contribution >= 4 is 22.8 Å². The number of ether oxygens (including phenoxy) is 1. The number of amides is 1. The summed E-state index contributed by atoms with van der Waals surface area (Å²) in [7, 11) is 1.55. The molecule has 3 N–H and O–H groups in total. The molecule has 2 aromatic heterocycles. The number of aryl methyl sites for hydroxylation is 1. The van der Waals surface area contributed by atoms with Crippen LogP contribution in [0.3, 0.4) is 0 Å². The third-order valence-corrected chi connectivity index (χ3v) is 4.87. The monoisotopic (exact) mass is 433 g/mol. The predicted molar refractivity (Wildman–Crippen MR) is 120 cm³/mol. The van der Waals surface area contributed by atoms with E-state index in [0.29, 0.717) is 53.4 Å². The van der Waals surface area contributed by atoms with Crippen LogP contribution in [0.2, 0.25) is 0 Å². The fraction of sp³-hybridized carbons (Fsp3) is 0.227. The number of methoxy groups -OCH3 is 1. The Kier molecular flexibility index (Phi) is 6.11. The first-order valence-corrected chi connectivity index (χ1v) is 10.1. The third-order valence-electron chi connectivity index (χ3n) is 4.87. The van der Waals surface area contributed by atoms with Crippen molar-refractivity contribution in [3.05, 3.63) is 70.3 Å². The second-order valence-corrected chi connectivity index (χ2v) is 7.17. The van der Waals surface area contributed by atoms with Crippen molar-refractivity contribution in [2.24, 2.45) is 0 Å². The lowest BCUT2D eigenvalue weighted by molar-refractivity contribution is 0.0953. The number of aromatic amines is 1. The zero-order valence-electron chi connectivity index (χ0n) is 17.8. The smallest absolute Gasteiger partial charge is 0.260 e. The Balaban J connectivity index is 1.34. The van der Waals surface area contributed by atoms with Crippen molar-refractivity contribution in [2.75, 3.05) is 25.5 Å². The maximum atomic E-state index is 12.7. The molecule has 0 fully saturated rings. The van der Waals surface area contributed by atoms with E-state index in [1.165, 1.54) is 4.80 Å². The topological polar surface area (TPSA) is 127 Å². The van der Waals surface area contributed by atoms with Gasteiger partial charge in [0.25, 0.3) is 11.5 Å². The van der Waals surface area contributed by atoms with Crippen LogP contribution >= 0.6 is 0 Å². The highest BCUT2D eigenvalue weighted by Crippen LogP contribution is 2.17. The van der Waals surface area contributed by atoms with Crippen molar-refractivity contribution in [3.8, 4) is 11.4 Å². The molecule has 0 bridgehead atoms. The van der Waals surface area contributed by atoms with Gasteiger partial charge in [0.1, 0.15) is 5.75 Å². The van der Waals surface area contributed by atoms with Gasteiger partial charge >= 0.3 is 0 Å². The number of carbonyl (C=O) groups excluding carboxylic acids is 1. The third kappa shape index (κ3) is 4.59. The van der Waals surface area contributed by atoms with Crippen LogP contribution in [0, 0.1) is 6.92 Å². The number of anilines is 1. The number of hydrogen-bond acceptors (Lipinski definition) is 7. The minimum absolute atomic E-state index is 0.202. The van der Waals surface area contributed by atoms with E-state index in [-0.39, 0.29) is 11.5 Å². The maximum absolute atomic E-state index is 12.7. The molecule has 1 amide bonds. The molecule has 0 unspecified atom stereocenters. The molecule has 0 atom stereocenters. The van der Waals surface area contributed by atoms with Crippen molar-refractivity contribution in [3.63, 3.8) is 0 Å². The van der Waals surface area contributed by atoms with Gasteiger partial charge < -0.3 is 15.4 Å². The lowest BCUT2D eigenvalue weighted by Gasteiger charge is -2.11. The number of benzene rings is 2. The van der Waals surface area contributed by atoms with Crippen LogP contribution in [0.1, 0.15) is 22.3 Å². The molecule has 2 heterocycles. The standard InChI is InChI=1S/C22H23N7O3/c1-14-4-7-19(29-25-10-11-26-29)17(12-14)20(30)23-8-3-9-24-22-27-18-6-5-15(32-2)13-16(18)21(31)28-22/h4-7,10-13H,3,8-9H2,1-2H3,(H,23,30)(H2,24,27,28,31). The van der Waals surface area contributed by atoms with E-state index in [4.69, 9.17) is 4.74 Å². The molecule has 0 saturated heterocycles. The summed E-state index contributed by atoms with van der Waals surface area (Å²) in [5.41, 5.74) is 2.42. The van der Waals surface area contributed by atoms with Crippen LogP contribution < -0.4 is 20.9 Å². The van der Waals surface area contributed by atoms with Gasteiger partial charge in [-0.2, -0.15) is 15.0 Å². The van der Waals surface area contributed by atoms with Crippen molar-refractivity contribution in [1.29, 1.82) is 0 Å². The molecule has 4 aromatic rings. The Morgan fingerprint density at radius 1 is 1.12 bits per heavy atom. The lowest BCUT2D eigenvalue weighted by Crippen LogP contribution is -2.27. The van der Waals surface area contributed by atoms with Gasteiger partial charge in [0.15, 0.2) is 0 Å². The van der Waals surface area contributed by atoms with Gasteiger partial charge in [-0.3, -0.25) is 14.6 Å². The first kappa shape index (κ1) is 21.0. The molecule has 164 valence electrons. The number of H-pyrrole nitrogens is 1. The maximum Gasteiger partial charge on any atom is 0.260 e. The summed E-state index contributed by atoms with van der Waals surface area (Å²) in [6.07, 6.45) is 3.76. The molecule has 0 saturated carbocycles. The summed E-state index contributed by atoms with van der Waals surface area (Å²) < 4.78 is 5.15. The fourth-order valence-electron chi connectivity index (χ4n) is 3.27. The Morgan fingerprint density at radius 3 is 2.72 bits per heavy atom. The van der Waals surface area contributed by atoms with E-state index in [0.717, 1.165) is 5.56 Å². The fourth-order valence-corrected chi connectivity index (χ4v) is 3.27. The molecular weight excluding hydrogens is 410 g/mol. The van der Waals surface area contributed by atoms with Crippen LogP contribution in [0.4, 0.5) is 5.95 Å². The molecular formula is C22H23N7O3. The number of aromatic nitrogens is 5. The highest BCUT2D eigenvalue weighted by molar-refractivity contribution is 5.97. The van der Waals surface area contributed by atoms with Crippen LogP contribution in [0.25, 0.3) is 16.6 Å². The number of nitrogens with zero attached hydrogens (tertiary/aromatic N) is 4. The van der Waals surface area contributed by atoms with E-state index in [2.05, 4.69) is 30.8 Å². The summed E-state index contributed by atoms with van der Waals surface area (Å²) in [6.45, 7) is 2.89. The van der Waals surface area contributed by atoms with Gasteiger partial charge in [-0.05, 0) is 43.7 Å². The highest BCUT2D eigenvalue weighted by Gasteiger charge is 2.14. The Morgan fingerprint density at radius 2 is 1.94 bits per heavy atom. The first-order chi connectivity index (χ1) is 15.5. The normalized spacial score (nSPS) is 10.8. The molecule has 4 rings (SSSR count). The predicted octanol–water partition coefficient (Wildman–Crippen LogP) is 2.05. The Bertz CT molecular complexity index is 1300. The number of rotatable bonds is 8. The minimum Gasteiger partial charge on any atom is -0.497 e. The second-order valence-electron chi connectivity index (χ2n) is 7.17. The van der Waals surface area contributed by atoms with Crippen molar-refractivity contribution < 1.29 is 9.53 Å². The summed E-state index contributed by atoms with van der Waals surface area (Å²) in [4.78, 5) is 33.6. The van der Waals surface area contributed by atoms with Gasteiger partial charge in [0, 0.05) is 13.1 Å². The molecule has 0 aliphatic rings. The lowest BCUT2D eigenvalue weighted by atomic mass is 10.1. The molecule has 2 aromatic carbocycles. The SMILES string of the molecule is COc1ccc2nc(NCCCNC(=O)c3cc(C)ccc3-n3nccn3)[nH]c(=O)c2c1. The first-order valence-electron chi connectivity index (χ1n) is 10.1. The van der Waals surface area contributed by atoms with E-state index in [1.54, 1.807) is 37.7 Å². The van der Waals surface area contributed by atoms with Gasteiger partial charge in [0.2, 0.25) is 5.95 Å². The zero-order valence-corrected chi connectivity index (χ0v) is 17.8. The molecule has 0 aliphatic carbocycles. The highest BCUT2D eigenvalue weighted by atomic mass is 16.5. The van der Waals surface area contributed by atoms with E-state index in [1.807, 2.05) is 25.1 Å². The van der Waals surface area contributed by atoms with Gasteiger partial charge in [-0.25, -0.2) is 4.98 Å². The average Bonchev–Trinajstić information content (AvgIpc) is 3.33. The molecule has 10 nitrogen and oxygen atoms in total. The second kappa shape index (κ2) is 9.29. The quantitative estimate of drug-likeness (QED) is 0.363. The Hall–Kier alpha value is -4.21. The van der Waals surface area contributed by atoms with Gasteiger partial charge in [0.05, 0.1) is 41.7 Å². The molecule has 32 heavy (non-hydrogen) atoms. The number of fused-ring (bicyclic) bond motifs is 1. The van der Waals surface area contributed by atoms with Crippen LogP contribution in [-0.2, 0) is 0 Å². The van der Waals surface area contributed by atoms with Crippen molar-refractivity contribution in [1.82, 2.24) is 30.3 Å². The Labute approximate surface area is 183 Å². The summed E-state index contributed by atoms with van der Waals surface area (Å²) >= 11 is 0. The number of nitrogens with one attached hydrogen (secondary N) is 3. The number of hydrogen-bond donors (Lipinski definition) is 3. The average molecular weight is 433 g/mol. The van der Waals surface area contributed by atoms with Crippen LogP contribution in [0.15, 0.2) is 53.6 Å². The van der Waals surface area contributed by atoms with Crippen molar-refractivity contribution in [2.45, 2.75) is 13.3 Å². The summed E-state index contributed by atoms with van der Waals surface area (Å²) in [6, 6.07) is 10.7. The van der Waals surface area contributed by atoms with Crippen LogP contribution in [-0.4, -0.2) is 51.1 Å². The van der Waals surface area contributed by atoms with Gasteiger partial charge in [-0.1, -0.05) is 11.6 Å². The summed E-state index contributed by atoms with van der Waals surface area (Å²) in [5, 5.41) is 14.7. The summed E-state index contributed by atoms with van der Waals surface area (Å²) in [5.74, 6) is 0.776. The molecule has 0 aliphatic heterocycles. The molecule has 0 spiro atoms. The minimum atomic E-state index is -0.246. The zero-order chi connectivity index (χ0) is 22.5.